The number of nitrogens with two attached hydrogens (primary N) is 1. The molecule has 1 saturated carbocycles. The molecule has 1 fully saturated rings. The van der Waals surface area contributed by atoms with Crippen LogP contribution in [-0.4, -0.2) is 20.9 Å². The summed E-state index contributed by atoms with van der Waals surface area (Å²) in [6.45, 7) is 5.00. The molecule has 0 bridgehead atoms. The fourth-order valence-corrected chi connectivity index (χ4v) is 2.79. The maximum Gasteiger partial charge on any atom is 0.251 e. The molecule has 1 amide bonds. The molecule has 0 saturated heterocycles. The number of amides is 1. The Kier molecular flexibility index (Phi) is 3.88. The number of carbonyl (C=O) groups is 1. The van der Waals surface area contributed by atoms with Crippen LogP contribution in [0.1, 0.15) is 37.0 Å². The number of nitrogens with one attached hydrogen (secondary N) is 1. The van der Waals surface area contributed by atoms with Crippen LogP contribution in [0, 0.1) is 11.3 Å². The summed E-state index contributed by atoms with van der Waals surface area (Å²) in [7, 11) is -3.71. The van der Waals surface area contributed by atoms with Gasteiger partial charge in [0.15, 0.2) is 0 Å². The minimum absolute atomic E-state index is 0.00916. The fourth-order valence-electron chi connectivity index (χ4n) is 2.27. The third-order valence-electron chi connectivity index (χ3n) is 4.16. The summed E-state index contributed by atoms with van der Waals surface area (Å²) >= 11 is 0. The van der Waals surface area contributed by atoms with E-state index in [9.17, 15) is 13.2 Å². The molecule has 110 valence electrons. The summed E-state index contributed by atoms with van der Waals surface area (Å²) < 4.78 is 22.3. The van der Waals surface area contributed by atoms with Crippen LogP contribution in [-0.2, 0) is 10.0 Å². The molecule has 0 radical (unpaired) electrons. The maximum absolute atomic E-state index is 12.0. The van der Waals surface area contributed by atoms with E-state index < -0.39 is 10.0 Å². The second-order valence-electron chi connectivity index (χ2n) is 5.77. The van der Waals surface area contributed by atoms with Gasteiger partial charge < -0.3 is 5.32 Å². The van der Waals surface area contributed by atoms with Gasteiger partial charge in [-0.1, -0.05) is 13.8 Å². The Balaban J connectivity index is 2.00. The lowest BCUT2D eigenvalue weighted by Crippen LogP contribution is -2.32. The van der Waals surface area contributed by atoms with Crippen LogP contribution < -0.4 is 10.5 Å². The molecule has 20 heavy (non-hydrogen) atoms. The van der Waals surface area contributed by atoms with E-state index in [0.717, 1.165) is 12.8 Å². The van der Waals surface area contributed by atoms with Gasteiger partial charge in [0.1, 0.15) is 0 Å². The molecule has 1 aliphatic rings. The normalized spacial score (nSPS) is 17.0. The van der Waals surface area contributed by atoms with Gasteiger partial charge in [-0.05, 0) is 48.4 Å². The van der Waals surface area contributed by atoms with Crippen LogP contribution >= 0.6 is 0 Å². The highest BCUT2D eigenvalue weighted by Gasteiger charge is 2.45. The molecular weight excluding hydrogens is 276 g/mol. The molecule has 1 aromatic rings. The van der Waals surface area contributed by atoms with Crippen LogP contribution in [0.5, 0.6) is 0 Å². The van der Waals surface area contributed by atoms with E-state index >= 15 is 0 Å². The zero-order valence-corrected chi connectivity index (χ0v) is 12.5. The molecular formula is C14H20N2O3S. The lowest BCUT2D eigenvalue weighted by Gasteiger charge is -2.20. The summed E-state index contributed by atoms with van der Waals surface area (Å²) in [5.41, 5.74) is 0.688. The van der Waals surface area contributed by atoms with E-state index in [1.54, 1.807) is 0 Å². The number of carbonyl (C=O) groups excluding carboxylic acids is 1. The molecule has 0 heterocycles. The minimum atomic E-state index is -3.71. The Morgan fingerprint density at radius 1 is 1.30 bits per heavy atom. The van der Waals surface area contributed by atoms with Crippen LogP contribution in [0.25, 0.3) is 0 Å². The zero-order chi connectivity index (χ0) is 15.0. The average molecular weight is 296 g/mol. The summed E-state index contributed by atoms with van der Waals surface area (Å²) in [6.07, 6.45) is 2.30. The molecule has 0 unspecified atom stereocenters. The maximum atomic E-state index is 12.0. The smallest absolute Gasteiger partial charge is 0.251 e. The highest BCUT2D eigenvalue weighted by molar-refractivity contribution is 7.89. The van der Waals surface area contributed by atoms with E-state index in [-0.39, 0.29) is 16.2 Å². The van der Waals surface area contributed by atoms with Crippen molar-refractivity contribution in [1.29, 1.82) is 0 Å². The van der Waals surface area contributed by atoms with E-state index in [0.29, 0.717) is 18.0 Å². The van der Waals surface area contributed by atoms with Gasteiger partial charge >= 0.3 is 0 Å². The number of sulfonamides is 1. The van der Waals surface area contributed by atoms with E-state index in [1.807, 2.05) is 0 Å². The molecule has 1 aromatic carbocycles. The highest BCUT2D eigenvalue weighted by atomic mass is 32.2. The van der Waals surface area contributed by atoms with Crippen molar-refractivity contribution in [3.05, 3.63) is 29.8 Å². The molecule has 3 N–H and O–H groups in total. The summed E-state index contributed by atoms with van der Waals surface area (Å²) in [4.78, 5) is 12.0. The Bertz CT molecular complexity index is 602. The minimum Gasteiger partial charge on any atom is -0.351 e. The van der Waals surface area contributed by atoms with Crippen molar-refractivity contribution in [3.8, 4) is 0 Å². The van der Waals surface area contributed by atoms with Crippen molar-refractivity contribution in [2.24, 2.45) is 16.5 Å². The number of rotatable bonds is 5. The molecule has 6 heteroatoms. The number of hydrogen-bond acceptors (Lipinski definition) is 3. The Hall–Kier alpha value is -1.40. The molecule has 5 nitrogen and oxygen atoms in total. The van der Waals surface area contributed by atoms with Crippen molar-refractivity contribution >= 4 is 15.9 Å². The largest absolute Gasteiger partial charge is 0.351 e. The highest BCUT2D eigenvalue weighted by Crippen LogP contribution is 2.51. The second-order valence-corrected chi connectivity index (χ2v) is 7.33. The van der Waals surface area contributed by atoms with Crippen LogP contribution in [0.15, 0.2) is 29.2 Å². The third kappa shape index (κ3) is 3.19. The van der Waals surface area contributed by atoms with Gasteiger partial charge in [0.05, 0.1) is 4.90 Å². The van der Waals surface area contributed by atoms with Gasteiger partial charge in [-0.2, -0.15) is 0 Å². The van der Waals surface area contributed by atoms with Crippen molar-refractivity contribution in [1.82, 2.24) is 5.32 Å². The third-order valence-corrected chi connectivity index (χ3v) is 5.09. The number of hydrogen-bond donors (Lipinski definition) is 2. The van der Waals surface area contributed by atoms with Gasteiger partial charge in [0, 0.05) is 12.1 Å². The molecule has 0 aliphatic heterocycles. The monoisotopic (exact) mass is 296 g/mol. The van der Waals surface area contributed by atoms with Crippen molar-refractivity contribution < 1.29 is 13.2 Å². The number of benzene rings is 1. The molecule has 0 aromatic heterocycles. The van der Waals surface area contributed by atoms with Crippen molar-refractivity contribution in [3.63, 3.8) is 0 Å². The first-order valence-corrected chi connectivity index (χ1v) is 8.20. The van der Waals surface area contributed by atoms with E-state index in [2.05, 4.69) is 19.2 Å². The topological polar surface area (TPSA) is 89.3 Å². The van der Waals surface area contributed by atoms with Crippen LogP contribution in [0.4, 0.5) is 0 Å². The van der Waals surface area contributed by atoms with Gasteiger partial charge in [-0.25, -0.2) is 13.6 Å². The first-order chi connectivity index (χ1) is 9.24. The molecule has 1 aliphatic carbocycles. The van der Waals surface area contributed by atoms with E-state index in [4.69, 9.17) is 5.14 Å². The summed E-state index contributed by atoms with van der Waals surface area (Å²) in [6, 6.07) is 5.65. The van der Waals surface area contributed by atoms with Gasteiger partial charge in [-0.15, -0.1) is 0 Å². The van der Waals surface area contributed by atoms with Crippen molar-refractivity contribution in [2.45, 2.75) is 31.6 Å². The fraction of sp³-hybridized carbons (Fsp3) is 0.500. The Labute approximate surface area is 119 Å². The predicted molar refractivity (Wildman–Crippen MR) is 76.7 cm³/mol. The lowest BCUT2D eigenvalue weighted by atomic mass is 9.92. The Morgan fingerprint density at radius 2 is 1.85 bits per heavy atom. The second kappa shape index (κ2) is 5.18. The zero-order valence-electron chi connectivity index (χ0n) is 11.7. The van der Waals surface area contributed by atoms with Crippen LogP contribution in [0.2, 0.25) is 0 Å². The first kappa shape index (κ1) is 15.0. The SMILES string of the molecule is CC(C)C1(CNC(=O)c2ccc(S(N)(=O)=O)cc2)CC1. The summed E-state index contributed by atoms with van der Waals surface area (Å²) in [5, 5.41) is 7.93. The summed E-state index contributed by atoms with van der Waals surface area (Å²) in [5.74, 6) is 0.366. The first-order valence-electron chi connectivity index (χ1n) is 6.66. The average Bonchev–Trinajstić information content (AvgIpc) is 3.16. The van der Waals surface area contributed by atoms with E-state index in [1.165, 1.54) is 24.3 Å². The van der Waals surface area contributed by atoms with Gasteiger partial charge in [0.25, 0.3) is 5.91 Å². The van der Waals surface area contributed by atoms with Crippen molar-refractivity contribution in [2.75, 3.05) is 6.54 Å². The Morgan fingerprint density at radius 3 is 2.25 bits per heavy atom. The van der Waals surface area contributed by atoms with Gasteiger partial charge in [-0.3, -0.25) is 4.79 Å². The molecule has 0 atom stereocenters. The molecule has 0 spiro atoms. The van der Waals surface area contributed by atoms with Gasteiger partial charge in [0.2, 0.25) is 10.0 Å². The standard InChI is InChI=1S/C14H20N2O3S/c1-10(2)14(7-8-14)9-16-13(17)11-3-5-12(6-4-11)20(15,18)19/h3-6,10H,7-9H2,1-2H3,(H,16,17)(H2,15,18,19). The number of primary sulfonamides is 1. The van der Waals surface area contributed by atoms with Crippen LogP contribution in [0.3, 0.4) is 0 Å². The quantitative estimate of drug-likeness (QED) is 0.863. The predicted octanol–water partition coefficient (Wildman–Crippen LogP) is 1.50. The lowest BCUT2D eigenvalue weighted by molar-refractivity contribution is 0.0939. The molecule has 2 rings (SSSR count).